The Balaban J connectivity index is 1.67. The zero-order valence-electron chi connectivity index (χ0n) is 21.2. The van der Waals surface area contributed by atoms with Crippen molar-refractivity contribution in [2.75, 3.05) is 25.7 Å². The van der Waals surface area contributed by atoms with Crippen molar-refractivity contribution in [2.45, 2.75) is 32.2 Å². The maximum Gasteiger partial charge on any atom is 0.295 e. The Morgan fingerprint density at radius 1 is 0.892 bits per heavy atom. The first kappa shape index (κ1) is 24.4. The van der Waals surface area contributed by atoms with Crippen molar-refractivity contribution < 1.29 is 23.4 Å². The molecule has 0 aliphatic carbocycles. The number of benzene rings is 3. The molecule has 1 aromatic heterocycles. The molecular formula is C30H29NO6. The van der Waals surface area contributed by atoms with Crippen molar-refractivity contribution in [3.8, 4) is 17.2 Å². The number of carbonyl (C=O) groups excluding carboxylic acids is 1. The van der Waals surface area contributed by atoms with Gasteiger partial charge in [0.2, 0.25) is 5.76 Å². The number of rotatable bonds is 9. The monoisotopic (exact) mass is 499 g/mol. The molecule has 4 aromatic rings. The van der Waals surface area contributed by atoms with Gasteiger partial charge in [-0.15, -0.1) is 0 Å². The third-order valence-electron chi connectivity index (χ3n) is 6.62. The Kier molecular flexibility index (Phi) is 6.86. The normalized spacial score (nSPS) is 14.6. The summed E-state index contributed by atoms with van der Waals surface area (Å²) in [5.41, 5.74) is 1.72. The molecule has 37 heavy (non-hydrogen) atoms. The van der Waals surface area contributed by atoms with Crippen LogP contribution in [0.4, 0.5) is 5.69 Å². The largest absolute Gasteiger partial charge is 0.497 e. The van der Waals surface area contributed by atoms with Gasteiger partial charge in [-0.05, 0) is 48.4 Å². The molecule has 5 rings (SSSR count). The van der Waals surface area contributed by atoms with Crippen LogP contribution in [-0.2, 0) is 0 Å². The molecule has 2 heterocycles. The second kappa shape index (κ2) is 10.4. The van der Waals surface area contributed by atoms with Crippen LogP contribution < -0.4 is 24.5 Å². The summed E-state index contributed by atoms with van der Waals surface area (Å²) in [5, 5.41) is 0.425. The number of hydrogen-bond donors (Lipinski definition) is 0. The van der Waals surface area contributed by atoms with E-state index < -0.39 is 11.9 Å². The van der Waals surface area contributed by atoms with Gasteiger partial charge in [-0.3, -0.25) is 14.5 Å². The maximum absolute atomic E-state index is 13.8. The van der Waals surface area contributed by atoms with Crippen LogP contribution in [0.15, 0.2) is 75.9 Å². The molecule has 0 spiro atoms. The molecule has 0 radical (unpaired) electrons. The molecular weight excluding hydrogens is 470 g/mol. The minimum atomic E-state index is -0.724. The van der Waals surface area contributed by atoms with Gasteiger partial charge in [0.25, 0.3) is 5.91 Å². The summed E-state index contributed by atoms with van der Waals surface area (Å²) in [4.78, 5) is 29.1. The zero-order valence-corrected chi connectivity index (χ0v) is 21.2. The summed E-state index contributed by atoms with van der Waals surface area (Å²) in [5.74, 6) is 1.39. The van der Waals surface area contributed by atoms with Crippen LogP contribution in [0.3, 0.4) is 0 Å². The van der Waals surface area contributed by atoms with Gasteiger partial charge in [0, 0.05) is 11.8 Å². The highest BCUT2D eigenvalue weighted by molar-refractivity contribution is 6.10. The average molecular weight is 500 g/mol. The van der Waals surface area contributed by atoms with Crippen LogP contribution in [0, 0.1) is 0 Å². The third-order valence-corrected chi connectivity index (χ3v) is 6.62. The Hall–Kier alpha value is -4.26. The van der Waals surface area contributed by atoms with Crippen molar-refractivity contribution in [1.29, 1.82) is 0 Å². The van der Waals surface area contributed by atoms with Crippen LogP contribution in [0.5, 0.6) is 17.2 Å². The molecule has 7 nitrogen and oxygen atoms in total. The molecule has 3 aromatic carbocycles. The first-order valence-electron chi connectivity index (χ1n) is 12.4. The number of amides is 1. The fourth-order valence-corrected chi connectivity index (χ4v) is 4.77. The highest BCUT2D eigenvalue weighted by atomic mass is 16.5. The van der Waals surface area contributed by atoms with E-state index in [4.69, 9.17) is 18.6 Å². The smallest absolute Gasteiger partial charge is 0.295 e. The van der Waals surface area contributed by atoms with Crippen LogP contribution in [-0.4, -0.2) is 26.7 Å². The zero-order chi connectivity index (χ0) is 25.9. The second-order valence-corrected chi connectivity index (χ2v) is 8.92. The Morgan fingerprint density at radius 3 is 2.51 bits per heavy atom. The number of anilines is 1. The van der Waals surface area contributed by atoms with E-state index in [-0.39, 0.29) is 11.2 Å². The summed E-state index contributed by atoms with van der Waals surface area (Å²) >= 11 is 0. The number of fused-ring (bicyclic) bond motifs is 2. The van der Waals surface area contributed by atoms with Gasteiger partial charge in [-0.25, -0.2) is 0 Å². The Morgan fingerprint density at radius 2 is 1.73 bits per heavy atom. The summed E-state index contributed by atoms with van der Waals surface area (Å²) in [7, 11) is 3.15. The predicted octanol–water partition coefficient (Wildman–Crippen LogP) is 6.13. The summed E-state index contributed by atoms with van der Waals surface area (Å²) in [6.07, 6.45) is 3.14. The van der Waals surface area contributed by atoms with Gasteiger partial charge in [0.1, 0.15) is 11.3 Å². The predicted molar refractivity (Wildman–Crippen MR) is 142 cm³/mol. The van der Waals surface area contributed by atoms with E-state index in [2.05, 4.69) is 6.92 Å². The standard InChI is InChI=1S/C30H29NO6/c1-4-5-8-16-36-24-15-14-19(17-25(24)35-3)27-26-28(32)22-12-6-7-13-23(22)37-29(26)30(33)31(27)20-10-9-11-21(18-20)34-2/h6-7,9-15,17-18,27H,4-5,8,16H2,1-3H3. The molecule has 0 N–H and O–H groups in total. The molecule has 190 valence electrons. The lowest BCUT2D eigenvalue weighted by atomic mass is 9.97. The number of para-hydroxylation sites is 1. The average Bonchev–Trinajstić information content (AvgIpc) is 3.23. The van der Waals surface area contributed by atoms with Crippen molar-refractivity contribution >= 4 is 22.6 Å². The van der Waals surface area contributed by atoms with E-state index in [0.29, 0.717) is 51.6 Å². The van der Waals surface area contributed by atoms with Crippen LogP contribution in [0.25, 0.3) is 11.0 Å². The minimum absolute atomic E-state index is 0.0374. The maximum atomic E-state index is 13.8. The summed E-state index contributed by atoms with van der Waals surface area (Å²) in [6.45, 7) is 2.73. The van der Waals surface area contributed by atoms with E-state index in [1.807, 2.05) is 24.3 Å². The molecule has 1 atom stereocenters. The van der Waals surface area contributed by atoms with Crippen molar-refractivity contribution in [1.82, 2.24) is 0 Å². The van der Waals surface area contributed by atoms with Gasteiger partial charge >= 0.3 is 0 Å². The lowest BCUT2D eigenvalue weighted by Gasteiger charge is -2.26. The quantitative estimate of drug-likeness (QED) is 0.258. The Bertz CT molecular complexity index is 1510. The molecule has 1 unspecified atom stereocenters. The molecule has 7 heteroatoms. The molecule has 0 saturated carbocycles. The summed E-state index contributed by atoms with van der Waals surface area (Å²) in [6, 6.07) is 19.0. The van der Waals surface area contributed by atoms with Gasteiger partial charge in [-0.1, -0.05) is 44.0 Å². The first-order chi connectivity index (χ1) is 18.1. The second-order valence-electron chi connectivity index (χ2n) is 8.92. The molecule has 1 aliphatic heterocycles. The van der Waals surface area contributed by atoms with E-state index in [9.17, 15) is 9.59 Å². The molecule has 1 amide bonds. The molecule has 1 aliphatic rings. The van der Waals surface area contributed by atoms with Crippen LogP contribution >= 0.6 is 0 Å². The lowest BCUT2D eigenvalue weighted by Crippen LogP contribution is -2.29. The van der Waals surface area contributed by atoms with E-state index in [1.165, 1.54) is 0 Å². The third kappa shape index (κ3) is 4.42. The minimum Gasteiger partial charge on any atom is -0.497 e. The lowest BCUT2D eigenvalue weighted by molar-refractivity contribution is 0.0971. The number of methoxy groups -OCH3 is 2. The molecule has 0 bridgehead atoms. The fourth-order valence-electron chi connectivity index (χ4n) is 4.77. The van der Waals surface area contributed by atoms with E-state index in [0.717, 1.165) is 19.3 Å². The van der Waals surface area contributed by atoms with Crippen LogP contribution in [0.1, 0.15) is 53.9 Å². The van der Waals surface area contributed by atoms with Crippen LogP contribution in [0.2, 0.25) is 0 Å². The van der Waals surface area contributed by atoms with Crippen molar-refractivity contribution in [3.05, 3.63) is 93.8 Å². The number of unbranched alkanes of at least 4 members (excludes halogenated alkanes) is 2. The fraction of sp³-hybridized carbons (Fsp3) is 0.267. The first-order valence-corrected chi connectivity index (χ1v) is 12.4. The summed E-state index contributed by atoms with van der Waals surface area (Å²) < 4.78 is 23.0. The van der Waals surface area contributed by atoms with Crippen molar-refractivity contribution in [2.24, 2.45) is 0 Å². The number of hydrogen-bond acceptors (Lipinski definition) is 6. The molecule has 0 saturated heterocycles. The highest BCUT2D eigenvalue weighted by Gasteiger charge is 2.44. The van der Waals surface area contributed by atoms with Crippen molar-refractivity contribution in [3.63, 3.8) is 0 Å². The highest BCUT2D eigenvalue weighted by Crippen LogP contribution is 2.43. The molecule has 0 fully saturated rings. The Labute approximate surface area is 215 Å². The van der Waals surface area contributed by atoms with E-state index in [1.54, 1.807) is 61.6 Å². The van der Waals surface area contributed by atoms with Gasteiger partial charge in [0.05, 0.1) is 37.8 Å². The SMILES string of the molecule is CCCCCOc1ccc(C2c3c(oc4ccccc4c3=O)C(=O)N2c2cccc(OC)c2)cc1OC. The van der Waals surface area contributed by atoms with Gasteiger partial charge in [-0.2, -0.15) is 0 Å². The van der Waals surface area contributed by atoms with E-state index >= 15 is 0 Å². The number of nitrogens with zero attached hydrogens (tertiary/aromatic N) is 1. The van der Waals surface area contributed by atoms with Gasteiger partial charge < -0.3 is 18.6 Å². The van der Waals surface area contributed by atoms with Gasteiger partial charge in [0.15, 0.2) is 16.9 Å². The number of carbonyl (C=O) groups is 1. The topological polar surface area (TPSA) is 78.2 Å². The number of ether oxygens (including phenoxy) is 3.